The smallest absolute Gasteiger partial charge is 0.243 e. The van der Waals surface area contributed by atoms with Gasteiger partial charge in [0.15, 0.2) is 11.0 Å². The molecule has 10 heteroatoms. The van der Waals surface area contributed by atoms with Gasteiger partial charge in [-0.2, -0.15) is 4.31 Å². The Kier molecular flexibility index (Phi) is 7.70. The zero-order chi connectivity index (χ0) is 24.1. The number of para-hydroxylation sites is 1. The van der Waals surface area contributed by atoms with Crippen molar-refractivity contribution in [2.75, 3.05) is 19.6 Å². The number of aromatic nitrogens is 3. The van der Waals surface area contributed by atoms with Crippen molar-refractivity contribution in [3.05, 3.63) is 54.6 Å². The van der Waals surface area contributed by atoms with Crippen molar-refractivity contribution in [3.63, 3.8) is 0 Å². The van der Waals surface area contributed by atoms with Gasteiger partial charge in [-0.15, -0.1) is 10.2 Å². The Morgan fingerprint density at radius 2 is 1.82 bits per heavy atom. The molecule has 8 nitrogen and oxygen atoms in total. The molecule has 34 heavy (non-hydrogen) atoms. The van der Waals surface area contributed by atoms with E-state index in [9.17, 15) is 13.2 Å². The molecule has 2 aromatic carbocycles. The first kappa shape index (κ1) is 24.4. The second-order valence-electron chi connectivity index (χ2n) is 7.99. The van der Waals surface area contributed by atoms with Crippen LogP contribution in [0.3, 0.4) is 0 Å². The molecule has 0 radical (unpaired) electrons. The predicted octanol–water partition coefficient (Wildman–Crippen LogP) is 3.73. The number of carbonyl (C=O) groups excluding carboxylic acids is 1. The minimum absolute atomic E-state index is 0.0129. The number of hydrogen-bond acceptors (Lipinski definition) is 6. The molecule has 1 aliphatic rings. The minimum Gasteiger partial charge on any atom is -0.355 e. The number of carbonyl (C=O) groups is 1. The number of benzene rings is 2. The molecule has 180 valence electrons. The van der Waals surface area contributed by atoms with E-state index in [1.165, 1.54) is 16.1 Å². The first-order chi connectivity index (χ1) is 16.5. The van der Waals surface area contributed by atoms with Crippen molar-refractivity contribution in [1.29, 1.82) is 0 Å². The van der Waals surface area contributed by atoms with Gasteiger partial charge in [0.25, 0.3) is 0 Å². The molecule has 0 bridgehead atoms. The summed E-state index contributed by atoms with van der Waals surface area (Å²) in [6.07, 6.45) is 2.70. The maximum Gasteiger partial charge on any atom is 0.243 e. The van der Waals surface area contributed by atoms with Gasteiger partial charge >= 0.3 is 0 Å². The summed E-state index contributed by atoms with van der Waals surface area (Å²) in [6, 6.07) is 16.5. The lowest BCUT2D eigenvalue weighted by molar-refractivity contribution is -0.120. The van der Waals surface area contributed by atoms with E-state index < -0.39 is 10.0 Å². The Bertz CT molecular complexity index is 1240. The van der Waals surface area contributed by atoms with Crippen LogP contribution < -0.4 is 5.32 Å². The second-order valence-corrected chi connectivity index (χ2v) is 11.1. The zero-order valence-electron chi connectivity index (χ0n) is 19.3. The van der Waals surface area contributed by atoms with Crippen molar-refractivity contribution >= 4 is 27.7 Å². The summed E-state index contributed by atoms with van der Waals surface area (Å²) in [5, 5.41) is 12.2. The average Bonchev–Trinajstić information content (AvgIpc) is 3.16. The van der Waals surface area contributed by atoms with Gasteiger partial charge in [0.05, 0.1) is 10.1 Å². The summed E-state index contributed by atoms with van der Waals surface area (Å²) >= 11 is 1.40. The lowest BCUT2D eigenvalue weighted by atomic mass is 10.2. The molecule has 3 aromatic rings. The summed E-state index contributed by atoms with van der Waals surface area (Å²) in [6.45, 7) is 5.13. The van der Waals surface area contributed by atoms with E-state index in [1.807, 2.05) is 54.8 Å². The van der Waals surface area contributed by atoms with Gasteiger partial charge in [-0.1, -0.05) is 62.4 Å². The van der Waals surface area contributed by atoms with Gasteiger partial charge in [0.1, 0.15) is 0 Å². The van der Waals surface area contributed by atoms with Crippen molar-refractivity contribution < 1.29 is 13.2 Å². The fourth-order valence-electron chi connectivity index (χ4n) is 4.00. The van der Waals surface area contributed by atoms with Crippen LogP contribution in [0.4, 0.5) is 0 Å². The van der Waals surface area contributed by atoms with E-state index in [0.29, 0.717) is 36.2 Å². The summed E-state index contributed by atoms with van der Waals surface area (Å²) in [5.41, 5.74) is 1.48. The third-order valence-electron chi connectivity index (χ3n) is 5.82. The lowest BCUT2D eigenvalue weighted by Gasteiger charge is -2.19. The molecule has 1 fully saturated rings. The quantitative estimate of drug-likeness (QED) is 0.507. The Morgan fingerprint density at radius 3 is 2.56 bits per heavy atom. The molecule has 0 spiro atoms. The van der Waals surface area contributed by atoms with Crippen LogP contribution in [0.25, 0.3) is 17.1 Å². The van der Waals surface area contributed by atoms with Crippen LogP contribution in [0.1, 0.15) is 33.1 Å². The fourth-order valence-corrected chi connectivity index (χ4v) is 6.62. The molecule has 1 unspecified atom stereocenters. The van der Waals surface area contributed by atoms with Gasteiger partial charge in [0.2, 0.25) is 15.9 Å². The van der Waals surface area contributed by atoms with Crippen molar-refractivity contribution in [3.8, 4) is 17.1 Å². The van der Waals surface area contributed by atoms with Crippen LogP contribution in [-0.4, -0.2) is 58.3 Å². The number of nitrogens with one attached hydrogen (secondary N) is 1. The number of hydrogen-bond donors (Lipinski definition) is 1. The summed E-state index contributed by atoms with van der Waals surface area (Å²) in [7, 11) is -3.62. The highest BCUT2D eigenvalue weighted by Crippen LogP contribution is 2.33. The SMILES string of the molecule is CCN(CC)S(=O)(=O)c1cccc(-c2nnc(SC3CCCCNC3=O)n2-c2ccccc2)c1. The van der Waals surface area contributed by atoms with Gasteiger partial charge in [-0.05, 0) is 37.1 Å². The molecule has 4 rings (SSSR count). The first-order valence-electron chi connectivity index (χ1n) is 11.5. The summed E-state index contributed by atoms with van der Waals surface area (Å²) in [5.74, 6) is 0.540. The molecule has 1 N–H and O–H groups in total. The zero-order valence-corrected chi connectivity index (χ0v) is 21.0. The number of nitrogens with zero attached hydrogens (tertiary/aromatic N) is 4. The maximum atomic E-state index is 13.1. The van der Waals surface area contributed by atoms with Crippen molar-refractivity contribution in [2.45, 2.75) is 48.4 Å². The Morgan fingerprint density at radius 1 is 1.06 bits per heavy atom. The van der Waals surface area contributed by atoms with Gasteiger partial charge < -0.3 is 5.32 Å². The van der Waals surface area contributed by atoms with E-state index in [1.54, 1.807) is 18.2 Å². The molecular formula is C24H29N5O3S2. The summed E-state index contributed by atoms with van der Waals surface area (Å²) in [4.78, 5) is 12.8. The summed E-state index contributed by atoms with van der Waals surface area (Å²) < 4.78 is 29.5. The average molecular weight is 500 g/mol. The van der Waals surface area contributed by atoms with E-state index in [0.717, 1.165) is 24.9 Å². The van der Waals surface area contributed by atoms with Crippen LogP contribution in [-0.2, 0) is 14.8 Å². The molecule has 1 aliphatic heterocycles. The Balaban J connectivity index is 1.78. The monoisotopic (exact) mass is 499 g/mol. The van der Waals surface area contributed by atoms with E-state index in [4.69, 9.17) is 0 Å². The van der Waals surface area contributed by atoms with Crippen LogP contribution in [0.5, 0.6) is 0 Å². The third-order valence-corrected chi connectivity index (χ3v) is 9.07. The van der Waals surface area contributed by atoms with Crippen LogP contribution >= 0.6 is 11.8 Å². The highest BCUT2D eigenvalue weighted by atomic mass is 32.2. The highest BCUT2D eigenvalue weighted by molar-refractivity contribution is 8.00. The maximum absolute atomic E-state index is 13.1. The predicted molar refractivity (Wildman–Crippen MR) is 133 cm³/mol. The molecular weight excluding hydrogens is 470 g/mol. The Labute approximate surface area is 204 Å². The van der Waals surface area contributed by atoms with Gasteiger partial charge in [-0.3, -0.25) is 9.36 Å². The van der Waals surface area contributed by atoms with Gasteiger partial charge in [-0.25, -0.2) is 8.42 Å². The van der Waals surface area contributed by atoms with Crippen molar-refractivity contribution in [1.82, 2.24) is 24.4 Å². The second kappa shape index (κ2) is 10.7. The molecule has 1 saturated heterocycles. The molecule has 2 heterocycles. The largest absolute Gasteiger partial charge is 0.355 e. The van der Waals surface area contributed by atoms with E-state index in [-0.39, 0.29) is 16.1 Å². The topological polar surface area (TPSA) is 97.2 Å². The van der Waals surface area contributed by atoms with E-state index in [2.05, 4.69) is 15.5 Å². The minimum atomic E-state index is -3.62. The molecule has 1 aromatic heterocycles. The van der Waals surface area contributed by atoms with Crippen molar-refractivity contribution in [2.24, 2.45) is 0 Å². The molecule has 1 atom stereocenters. The highest BCUT2D eigenvalue weighted by Gasteiger charge is 2.27. The lowest BCUT2D eigenvalue weighted by Crippen LogP contribution is -2.30. The third kappa shape index (κ3) is 5.03. The molecule has 1 amide bonds. The Hall–Kier alpha value is -2.69. The normalized spacial score (nSPS) is 16.9. The fraction of sp³-hybridized carbons (Fsp3) is 0.375. The van der Waals surface area contributed by atoms with E-state index >= 15 is 0 Å². The standard InChI is InChI=1S/C24H29N5O3S2/c1-3-28(4-2)34(31,32)20-14-10-11-18(17-20)22-26-27-24(29(22)19-12-6-5-7-13-19)33-21-15-8-9-16-25-23(21)30/h5-7,10-14,17,21H,3-4,8-9,15-16H2,1-2H3,(H,25,30). The number of thioether (sulfide) groups is 1. The number of rotatable bonds is 8. The molecule has 0 saturated carbocycles. The van der Waals surface area contributed by atoms with Crippen LogP contribution in [0.15, 0.2) is 64.6 Å². The number of amides is 1. The van der Waals surface area contributed by atoms with Crippen LogP contribution in [0.2, 0.25) is 0 Å². The number of sulfonamides is 1. The first-order valence-corrected chi connectivity index (χ1v) is 13.8. The van der Waals surface area contributed by atoms with Crippen LogP contribution in [0, 0.1) is 0 Å². The van der Waals surface area contributed by atoms with Gasteiger partial charge in [0, 0.05) is 30.9 Å². The molecule has 0 aliphatic carbocycles.